The Morgan fingerprint density at radius 1 is 1.23 bits per heavy atom. The molecular formula is C24H29FN6O4. The van der Waals surface area contributed by atoms with Gasteiger partial charge in [-0.3, -0.25) is 4.79 Å². The van der Waals surface area contributed by atoms with Gasteiger partial charge in [0.05, 0.1) is 25.5 Å². The van der Waals surface area contributed by atoms with Crippen LogP contribution in [0.4, 0.5) is 4.39 Å². The van der Waals surface area contributed by atoms with E-state index in [9.17, 15) is 14.0 Å². The quantitative estimate of drug-likeness (QED) is 0.315. The zero-order valence-electron chi connectivity index (χ0n) is 20.2. The van der Waals surface area contributed by atoms with Gasteiger partial charge in [0.1, 0.15) is 5.82 Å². The second-order valence-electron chi connectivity index (χ2n) is 8.99. The van der Waals surface area contributed by atoms with E-state index in [1.807, 2.05) is 20.8 Å². The van der Waals surface area contributed by atoms with Crippen LogP contribution in [0, 0.1) is 5.82 Å². The molecule has 2 heterocycles. The fraction of sp³-hybridized carbons (Fsp3) is 0.375. The van der Waals surface area contributed by atoms with Crippen LogP contribution in [0.3, 0.4) is 0 Å². The van der Waals surface area contributed by atoms with Gasteiger partial charge in [-0.2, -0.15) is 0 Å². The third-order valence-corrected chi connectivity index (χ3v) is 5.50. The van der Waals surface area contributed by atoms with Crippen LogP contribution < -0.4 is 10.6 Å². The van der Waals surface area contributed by atoms with E-state index < -0.39 is 17.0 Å². The topological polar surface area (TPSA) is 124 Å². The van der Waals surface area contributed by atoms with Crippen molar-refractivity contribution >= 4 is 11.9 Å². The highest BCUT2D eigenvalue weighted by Gasteiger charge is 2.39. The van der Waals surface area contributed by atoms with Crippen molar-refractivity contribution < 1.29 is 23.1 Å². The molecule has 1 unspecified atom stereocenters. The van der Waals surface area contributed by atoms with Crippen molar-refractivity contribution in [3.63, 3.8) is 0 Å². The van der Waals surface area contributed by atoms with Crippen molar-refractivity contribution in [2.75, 3.05) is 7.11 Å². The van der Waals surface area contributed by atoms with Crippen molar-refractivity contribution in [3.8, 4) is 0 Å². The van der Waals surface area contributed by atoms with Gasteiger partial charge >= 0.3 is 5.97 Å². The van der Waals surface area contributed by atoms with E-state index in [0.717, 1.165) is 5.56 Å². The maximum atomic E-state index is 13.4. The Labute approximate surface area is 202 Å². The maximum absolute atomic E-state index is 13.4. The first-order valence-electron chi connectivity index (χ1n) is 10.9. The minimum absolute atomic E-state index is 0.0903. The Hall–Kier alpha value is -3.86. The molecule has 2 aromatic heterocycles. The lowest BCUT2D eigenvalue weighted by molar-refractivity contribution is -0.118. The molecule has 3 rings (SSSR count). The van der Waals surface area contributed by atoms with Gasteiger partial charge < -0.3 is 19.8 Å². The summed E-state index contributed by atoms with van der Waals surface area (Å²) in [6.45, 7) is 9.70. The SMILES string of the molecule is C=CC(=O)NC(C)(C)CC(C)(NCc1ccoc1C(=O)OC)c1nnnn1Cc1ccc(F)cc1. The minimum atomic E-state index is -0.883. The van der Waals surface area contributed by atoms with Crippen LogP contribution in [0.5, 0.6) is 0 Å². The number of hydrogen-bond donors (Lipinski definition) is 2. The first kappa shape index (κ1) is 25.8. The lowest BCUT2D eigenvalue weighted by Crippen LogP contribution is -2.52. The Morgan fingerprint density at radius 3 is 2.60 bits per heavy atom. The number of benzene rings is 1. The molecule has 0 fully saturated rings. The highest BCUT2D eigenvalue weighted by molar-refractivity contribution is 5.88. The molecule has 0 bridgehead atoms. The predicted octanol–water partition coefficient (Wildman–Crippen LogP) is 2.72. The number of aromatic nitrogens is 4. The summed E-state index contributed by atoms with van der Waals surface area (Å²) in [6.07, 6.45) is 2.99. The van der Waals surface area contributed by atoms with Gasteiger partial charge in [-0.1, -0.05) is 18.7 Å². The van der Waals surface area contributed by atoms with Crippen molar-refractivity contribution in [1.29, 1.82) is 0 Å². The summed E-state index contributed by atoms with van der Waals surface area (Å²) in [7, 11) is 1.28. The molecule has 1 atom stereocenters. The summed E-state index contributed by atoms with van der Waals surface area (Å²) in [5, 5.41) is 18.6. The van der Waals surface area contributed by atoms with E-state index in [1.54, 1.807) is 22.9 Å². The molecule has 0 radical (unpaired) electrons. The molecule has 10 nitrogen and oxygen atoms in total. The van der Waals surface area contributed by atoms with Crippen LogP contribution >= 0.6 is 0 Å². The summed E-state index contributed by atoms with van der Waals surface area (Å²) in [5.74, 6) is -0.656. The summed E-state index contributed by atoms with van der Waals surface area (Å²) < 4.78 is 25.1. The zero-order valence-corrected chi connectivity index (χ0v) is 20.2. The molecule has 0 saturated heterocycles. The van der Waals surface area contributed by atoms with Gasteiger partial charge in [-0.15, -0.1) is 5.10 Å². The highest BCUT2D eigenvalue weighted by Crippen LogP contribution is 2.30. The second-order valence-corrected chi connectivity index (χ2v) is 8.99. The van der Waals surface area contributed by atoms with E-state index >= 15 is 0 Å². The number of hydrogen-bond acceptors (Lipinski definition) is 8. The van der Waals surface area contributed by atoms with Crippen LogP contribution in [0.25, 0.3) is 0 Å². The second kappa shape index (κ2) is 10.6. The Bertz CT molecular complexity index is 1190. The molecule has 35 heavy (non-hydrogen) atoms. The Morgan fingerprint density at radius 2 is 1.94 bits per heavy atom. The number of carbonyl (C=O) groups is 2. The number of amides is 1. The highest BCUT2D eigenvalue weighted by atomic mass is 19.1. The van der Waals surface area contributed by atoms with E-state index in [4.69, 9.17) is 9.15 Å². The maximum Gasteiger partial charge on any atom is 0.374 e. The number of furan rings is 1. The monoisotopic (exact) mass is 484 g/mol. The van der Waals surface area contributed by atoms with Crippen LogP contribution in [0.15, 0.2) is 53.7 Å². The molecule has 186 valence electrons. The number of halogens is 1. The summed E-state index contributed by atoms with van der Waals surface area (Å²) in [4.78, 5) is 24.1. The van der Waals surface area contributed by atoms with E-state index in [-0.39, 0.29) is 24.0 Å². The van der Waals surface area contributed by atoms with Gasteiger partial charge in [0.25, 0.3) is 0 Å². The lowest BCUT2D eigenvalue weighted by atomic mass is 9.84. The number of rotatable bonds is 11. The Balaban J connectivity index is 1.94. The van der Waals surface area contributed by atoms with Gasteiger partial charge in [0.2, 0.25) is 11.7 Å². The number of carbonyl (C=O) groups excluding carboxylic acids is 2. The largest absolute Gasteiger partial charge is 0.463 e. The molecule has 2 N–H and O–H groups in total. The fourth-order valence-electron chi connectivity index (χ4n) is 4.04. The summed E-state index contributed by atoms with van der Waals surface area (Å²) in [5.41, 5.74) is -0.175. The first-order chi connectivity index (χ1) is 16.6. The Kier molecular flexibility index (Phi) is 7.80. The third-order valence-electron chi connectivity index (χ3n) is 5.50. The fourth-order valence-corrected chi connectivity index (χ4v) is 4.04. The van der Waals surface area contributed by atoms with Crippen LogP contribution in [-0.2, 0) is 28.2 Å². The van der Waals surface area contributed by atoms with Gasteiger partial charge in [-0.25, -0.2) is 13.9 Å². The first-order valence-corrected chi connectivity index (χ1v) is 10.9. The van der Waals surface area contributed by atoms with E-state index in [0.29, 0.717) is 24.4 Å². The standard InChI is InChI=1S/C24H29FN6O4/c1-6-19(32)27-23(2,3)15-24(4,26-13-17-11-12-35-20(17)21(33)34-5)22-28-29-30-31(22)14-16-7-9-18(25)10-8-16/h6-12,26H,1,13-15H2,2-5H3,(H,27,32). The molecular weight excluding hydrogens is 455 g/mol. The molecule has 0 spiro atoms. The molecule has 0 aliphatic carbocycles. The molecule has 1 aromatic carbocycles. The molecule has 1 amide bonds. The summed E-state index contributed by atoms with van der Waals surface area (Å²) in [6, 6.07) is 7.74. The number of methoxy groups -OCH3 is 1. The molecule has 3 aromatic rings. The number of nitrogens with one attached hydrogen (secondary N) is 2. The van der Waals surface area contributed by atoms with E-state index in [2.05, 4.69) is 32.7 Å². The van der Waals surface area contributed by atoms with Gasteiger partial charge in [0, 0.05) is 17.6 Å². The molecule has 0 saturated carbocycles. The van der Waals surface area contributed by atoms with Crippen LogP contribution in [-0.4, -0.2) is 44.7 Å². The summed E-state index contributed by atoms with van der Waals surface area (Å²) >= 11 is 0. The average molecular weight is 485 g/mol. The number of nitrogens with zero attached hydrogens (tertiary/aromatic N) is 4. The van der Waals surface area contributed by atoms with Crippen LogP contribution in [0.2, 0.25) is 0 Å². The normalized spacial score (nSPS) is 13.2. The minimum Gasteiger partial charge on any atom is -0.463 e. The smallest absolute Gasteiger partial charge is 0.374 e. The average Bonchev–Trinajstić information content (AvgIpc) is 3.48. The molecule has 0 aliphatic heterocycles. The molecule has 0 aliphatic rings. The number of esters is 1. The number of tetrazole rings is 1. The lowest BCUT2D eigenvalue weighted by Gasteiger charge is -2.37. The van der Waals surface area contributed by atoms with Crippen molar-refractivity contribution in [2.45, 2.75) is 51.4 Å². The van der Waals surface area contributed by atoms with Crippen LogP contribution in [0.1, 0.15) is 54.7 Å². The van der Waals surface area contributed by atoms with Gasteiger partial charge in [0.15, 0.2) is 5.82 Å². The molecule has 11 heteroatoms. The predicted molar refractivity (Wildman–Crippen MR) is 125 cm³/mol. The van der Waals surface area contributed by atoms with Crippen molar-refractivity contribution in [2.24, 2.45) is 0 Å². The third kappa shape index (κ3) is 6.38. The van der Waals surface area contributed by atoms with Crippen molar-refractivity contribution in [3.05, 3.63) is 77.8 Å². The van der Waals surface area contributed by atoms with Crippen molar-refractivity contribution in [1.82, 2.24) is 30.8 Å². The zero-order chi connectivity index (χ0) is 25.6. The van der Waals surface area contributed by atoms with Gasteiger partial charge in [-0.05, 0) is 67.5 Å². The number of ether oxygens (including phenoxy) is 1. The van der Waals surface area contributed by atoms with E-state index in [1.165, 1.54) is 31.6 Å².